The quantitative estimate of drug-likeness (QED) is 0.663. The molecule has 0 saturated carbocycles. The fourth-order valence-electron chi connectivity index (χ4n) is 2.44. The van der Waals surface area contributed by atoms with E-state index in [2.05, 4.69) is 10.3 Å². The molecule has 3 rings (SSSR count). The molecule has 0 spiro atoms. The van der Waals surface area contributed by atoms with Gasteiger partial charge in [0, 0.05) is 37.6 Å². The summed E-state index contributed by atoms with van der Waals surface area (Å²) in [6, 6.07) is 12.6. The van der Waals surface area contributed by atoms with Crippen LogP contribution in [0.1, 0.15) is 13.3 Å². The number of hydrogen-bond donors (Lipinski definition) is 1. The van der Waals surface area contributed by atoms with Crippen LogP contribution in [0.25, 0.3) is 0 Å². The molecule has 1 fully saturated rings. The van der Waals surface area contributed by atoms with Crippen LogP contribution >= 0.6 is 0 Å². The van der Waals surface area contributed by atoms with Gasteiger partial charge in [-0.2, -0.15) is 0 Å². The summed E-state index contributed by atoms with van der Waals surface area (Å²) in [5.41, 5.74) is 0.936. The van der Waals surface area contributed by atoms with Crippen molar-refractivity contribution < 1.29 is 9.66 Å². The van der Waals surface area contributed by atoms with Gasteiger partial charge in [-0.3, -0.25) is 10.1 Å². The Morgan fingerprint density at radius 3 is 2.44 bits per heavy atom. The Morgan fingerprint density at radius 1 is 1.20 bits per heavy atom. The number of aromatic nitrogens is 1. The van der Waals surface area contributed by atoms with Crippen molar-refractivity contribution in [3.63, 3.8) is 0 Å². The molecule has 0 unspecified atom stereocenters. The summed E-state index contributed by atoms with van der Waals surface area (Å²) in [5, 5.41) is 14.3. The number of hydrogen-bond acceptors (Lipinski definition) is 6. The summed E-state index contributed by atoms with van der Waals surface area (Å²) in [6.45, 7) is 6.55. The number of nitrogens with zero attached hydrogens (tertiary/aromatic N) is 3. The first-order valence-electron chi connectivity index (χ1n) is 8.44. The van der Waals surface area contributed by atoms with Crippen LogP contribution in [0.15, 0.2) is 48.7 Å². The van der Waals surface area contributed by atoms with Gasteiger partial charge < -0.3 is 15.0 Å². The van der Waals surface area contributed by atoms with E-state index >= 15 is 0 Å². The molecular weight excluding hydrogens is 320 g/mol. The van der Waals surface area contributed by atoms with Gasteiger partial charge in [-0.25, -0.2) is 4.98 Å². The largest absolute Gasteiger partial charge is 0.379 e. The van der Waals surface area contributed by atoms with Gasteiger partial charge in [0.15, 0.2) is 0 Å². The third-order valence-corrected chi connectivity index (χ3v) is 3.58. The Morgan fingerprint density at radius 2 is 1.92 bits per heavy atom. The van der Waals surface area contributed by atoms with Gasteiger partial charge in [-0.05, 0) is 24.6 Å². The highest BCUT2D eigenvalue weighted by Crippen LogP contribution is 2.31. The molecule has 7 nitrogen and oxygen atoms in total. The topological polar surface area (TPSA) is 80.5 Å². The van der Waals surface area contributed by atoms with E-state index in [1.165, 1.54) is 6.07 Å². The summed E-state index contributed by atoms with van der Waals surface area (Å²) in [7, 11) is 0. The minimum atomic E-state index is -0.395. The van der Waals surface area contributed by atoms with Crippen LogP contribution in [0.5, 0.6) is 0 Å². The molecule has 2 aromatic rings. The van der Waals surface area contributed by atoms with Gasteiger partial charge in [0.1, 0.15) is 0 Å². The molecule has 1 aliphatic heterocycles. The predicted octanol–water partition coefficient (Wildman–Crippen LogP) is 3.14. The molecule has 0 radical (unpaired) electrons. The van der Waals surface area contributed by atoms with Crippen molar-refractivity contribution in [2.45, 2.75) is 13.3 Å². The molecule has 25 heavy (non-hydrogen) atoms. The van der Waals surface area contributed by atoms with Gasteiger partial charge in [0.25, 0.3) is 0 Å². The normalized spacial score (nSPS) is 13.5. The fraction of sp³-hybridized carbons (Fsp3) is 0.389. The number of ether oxygens (including phenoxy) is 1. The van der Waals surface area contributed by atoms with Crippen LogP contribution in [-0.2, 0) is 4.74 Å². The zero-order valence-electron chi connectivity index (χ0n) is 14.4. The van der Waals surface area contributed by atoms with E-state index < -0.39 is 4.92 Å². The molecule has 1 aromatic carbocycles. The van der Waals surface area contributed by atoms with Crippen LogP contribution in [0.3, 0.4) is 0 Å². The van der Waals surface area contributed by atoms with Crippen molar-refractivity contribution >= 4 is 17.2 Å². The SMILES string of the molecule is C1COCCN1.CCCN(c1ccccc1)c1ncccc1[N+](=O)[O-]. The second kappa shape index (κ2) is 10.4. The van der Waals surface area contributed by atoms with E-state index in [0.29, 0.717) is 12.4 Å². The summed E-state index contributed by atoms with van der Waals surface area (Å²) >= 11 is 0. The Bertz CT molecular complexity index is 636. The zero-order chi connectivity index (χ0) is 17.9. The van der Waals surface area contributed by atoms with E-state index in [1.54, 1.807) is 12.3 Å². The summed E-state index contributed by atoms with van der Waals surface area (Å²) in [6.07, 6.45) is 2.45. The Labute approximate surface area is 147 Å². The minimum absolute atomic E-state index is 0.0276. The minimum Gasteiger partial charge on any atom is -0.379 e. The maximum atomic E-state index is 11.1. The number of morpholine rings is 1. The van der Waals surface area contributed by atoms with Crippen LogP contribution in [-0.4, -0.2) is 42.8 Å². The lowest BCUT2D eigenvalue weighted by Crippen LogP contribution is -2.30. The Kier molecular flexibility index (Phi) is 7.81. The third-order valence-electron chi connectivity index (χ3n) is 3.58. The molecule has 0 aliphatic carbocycles. The first kappa shape index (κ1) is 18.8. The second-order valence-electron chi connectivity index (χ2n) is 5.45. The average Bonchev–Trinajstić information content (AvgIpc) is 2.68. The smallest absolute Gasteiger partial charge is 0.311 e. The number of benzene rings is 1. The van der Waals surface area contributed by atoms with Gasteiger partial charge >= 0.3 is 5.69 Å². The van der Waals surface area contributed by atoms with E-state index in [4.69, 9.17) is 4.74 Å². The van der Waals surface area contributed by atoms with Gasteiger partial charge in [0.05, 0.1) is 18.1 Å². The fourth-order valence-corrected chi connectivity index (χ4v) is 2.44. The van der Waals surface area contributed by atoms with E-state index in [-0.39, 0.29) is 5.69 Å². The van der Waals surface area contributed by atoms with Crippen molar-refractivity contribution in [3.8, 4) is 0 Å². The maximum Gasteiger partial charge on any atom is 0.311 e. The highest BCUT2D eigenvalue weighted by atomic mass is 16.6. The lowest BCUT2D eigenvalue weighted by atomic mass is 10.2. The molecule has 134 valence electrons. The summed E-state index contributed by atoms with van der Waals surface area (Å²) in [4.78, 5) is 16.8. The zero-order valence-corrected chi connectivity index (χ0v) is 14.4. The lowest BCUT2D eigenvalue weighted by Gasteiger charge is -2.22. The number of pyridine rings is 1. The van der Waals surface area contributed by atoms with Crippen molar-refractivity contribution in [1.82, 2.24) is 10.3 Å². The molecule has 1 N–H and O–H groups in total. The van der Waals surface area contributed by atoms with E-state index in [1.807, 2.05) is 42.2 Å². The number of nitro groups is 1. The number of para-hydroxylation sites is 1. The van der Waals surface area contributed by atoms with Crippen LogP contribution in [0.2, 0.25) is 0 Å². The van der Waals surface area contributed by atoms with Gasteiger partial charge in [-0.15, -0.1) is 0 Å². The van der Waals surface area contributed by atoms with Crippen LogP contribution < -0.4 is 10.2 Å². The molecule has 2 heterocycles. The predicted molar refractivity (Wildman–Crippen MR) is 98.3 cm³/mol. The first-order valence-corrected chi connectivity index (χ1v) is 8.44. The molecular formula is C18H24N4O3. The third kappa shape index (κ3) is 5.81. The number of rotatable bonds is 5. The molecule has 0 amide bonds. The second-order valence-corrected chi connectivity index (χ2v) is 5.45. The van der Waals surface area contributed by atoms with Gasteiger partial charge in [-0.1, -0.05) is 25.1 Å². The highest BCUT2D eigenvalue weighted by molar-refractivity contribution is 5.67. The molecule has 7 heteroatoms. The molecule has 0 atom stereocenters. The molecule has 0 bridgehead atoms. The highest BCUT2D eigenvalue weighted by Gasteiger charge is 2.20. The van der Waals surface area contributed by atoms with E-state index in [0.717, 1.165) is 38.4 Å². The number of nitrogens with one attached hydrogen (secondary N) is 1. The van der Waals surface area contributed by atoms with Crippen molar-refractivity contribution in [1.29, 1.82) is 0 Å². The van der Waals surface area contributed by atoms with Crippen LogP contribution in [0.4, 0.5) is 17.2 Å². The molecule has 1 aromatic heterocycles. The van der Waals surface area contributed by atoms with Gasteiger partial charge in [0.2, 0.25) is 5.82 Å². The average molecular weight is 344 g/mol. The Balaban J connectivity index is 0.000000316. The maximum absolute atomic E-state index is 11.1. The van der Waals surface area contributed by atoms with Crippen molar-refractivity contribution in [2.24, 2.45) is 0 Å². The summed E-state index contributed by atoms with van der Waals surface area (Å²) < 4.78 is 5.01. The summed E-state index contributed by atoms with van der Waals surface area (Å²) in [5.74, 6) is 0.389. The monoisotopic (exact) mass is 344 g/mol. The Hall–Kier alpha value is -2.51. The molecule has 1 saturated heterocycles. The van der Waals surface area contributed by atoms with Crippen LogP contribution in [0, 0.1) is 10.1 Å². The molecule has 1 aliphatic rings. The van der Waals surface area contributed by atoms with Crippen molar-refractivity contribution in [3.05, 3.63) is 58.8 Å². The van der Waals surface area contributed by atoms with E-state index in [9.17, 15) is 10.1 Å². The lowest BCUT2D eigenvalue weighted by molar-refractivity contribution is -0.384. The van der Waals surface area contributed by atoms with Crippen molar-refractivity contribution in [2.75, 3.05) is 37.7 Å². The first-order chi connectivity index (χ1) is 12.2. The number of anilines is 2. The standard InChI is InChI=1S/C14H15N3O2.C4H9NO/c1-2-11-16(12-7-4-3-5-8-12)14-13(17(18)19)9-6-10-15-14;1-3-6-4-2-5-1/h3-10H,2,11H2,1H3;5H,1-4H2.